The zero-order valence-electron chi connectivity index (χ0n) is 5.98. The van der Waals surface area contributed by atoms with Crippen LogP contribution in [0.1, 0.15) is 5.56 Å². The lowest BCUT2D eigenvalue weighted by atomic mass is 10.2. The second kappa shape index (κ2) is 2.64. The summed E-state index contributed by atoms with van der Waals surface area (Å²) in [6.07, 6.45) is 0. The van der Waals surface area contributed by atoms with E-state index in [0.717, 1.165) is 5.56 Å². The fourth-order valence-corrected chi connectivity index (χ4v) is 1.36. The van der Waals surface area contributed by atoms with Gasteiger partial charge in [-0.25, -0.2) is 0 Å². The van der Waals surface area contributed by atoms with Crippen LogP contribution in [-0.4, -0.2) is 13.0 Å². The molecule has 0 spiro atoms. The number of rotatable bonds is 1. The third kappa shape index (κ3) is 2.03. The first-order valence-corrected chi connectivity index (χ1v) is 4.48. The molecular weight excluding hydrogens is 164 g/mol. The second-order valence-corrected chi connectivity index (χ2v) is 3.71. The summed E-state index contributed by atoms with van der Waals surface area (Å²) in [5.74, 6) is 0. The van der Waals surface area contributed by atoms with E-state index in [1.165, 1.54) is 12.1 Å². The number of aryl methyl sites for hydroxylation is 1. The van der Waals surface area contributed by atoms with Crippen LogP contribution in [0, 0.1) is 6.92 Å². The van der Waals surface area contributed by atoms with Crippen molar-refractivity contribution in [3.63, 3.8) is 0 Å². The molecule has 0 aliphatic carbocycles. The van der Waals surface area contributed by atoms with Gasteiger partial charge in [-0.3, -0.25) is 4.55 Å². The van der Waals surface area contributed by atoms with E-state index in [1.54, 1.807) is 19.1 Å². The van der Waals surface area contributed by atoms with Crippen LogP contribution in [0.3, 0.4) is 0 Å². The fourth-order valence-electron chi connectivity index (χ4n) is 0.776. The van der Waals surface area contributed by atoms with Crippen molar-refractivity contribution in [2.75, 3.05) is 0 Å². The maximum absolute atomic E-state index is 10.5. The summed E-state index contributed by atoms with van der Waals surface area (Å²) >= 11 is 0. The molecular formula is C7H8O3S. The van der Waals surface area contributed by atoms with Crippen molar-refractivity contribution in [3.05, 3.63) is 29.8 Å². The third-order valence-corrected chi connectivity index (χ3v) is 2.14. The summed E-state index contributed by atoms with van der Waals surface area (Å²) < 4.78 is 29.7. The van der Waals surface area contributed by atoms with Gasteiger partial charge < -0.3 is 0 Å². The highest BCUT2D eigenvalue weighted by molar-refractivity contribution is 7.85. The third-order valence-electron chi connectivity index (χ3n) is 1.29. The molecule has 11 heavy (non-hydrogen) atoms. The van der Waals surface area contributed by atoms with E-state index in [9.17, 15) is 8.42 Å². The molecule has 60 valence electrons. The Balaban J connectivity index is 3.28. The van der Waals surface area contributed by atoms with Crippen LogP contribution in [0.2, 0.25) is 0 Å². The molecule has 0 unspecified atom stereocenters. The van der Waals surface area contributed by atoms with Gasteiger partial charge in [0.15, 0.2) is 0 Å². The Bertz CT molecular complexity index is 354. The van der Waals surface area contributed by atoms with Gasteiger partial charge in [0.25, 0.3) is 10.1 Å². The van der Waals surface area contributed by atoms with Crippen molar-refractivity contribution in [1.29, 1.82) is 0 Å². The molecule has 1 N–H and O–H groups in total. The molecule has 0 amide bonds. The zero-order valence-corrected chi connectivity index (χ0v) is 6.80. The van der Waals surface area contributed by atoms with Crippen molar-refractivity contribution in [2.24, 2.45) is 0 Å². The molecule has 0 atom stereocenters. The summed E-state index contributed by atoms with van der Waals surface area (Å²) in [7, 11) is -4.03. The Labute approximate surface area is 65.4 Å². The van der Waals surface area contributed by atoms with Gasteiger partial charge in [0, 0.05) is 0 Å². The minimum atomic E-state index is -4.03. The van der Waals surface area contributed by atoms with Gasteiger partial charge in [-0.1, -0.05) is 12.1 Å². The standard InChI is InChI=1S/C7H8O3S/c1-6-3-2-4-7(5-6)11(8,9)10/h2-5H,1H3,(H,8,9,10). The maximum atomic E-state index is 10.5. The van der Waals surface area contributed by atoms with Gasteiger partial charge in [-0.05, 0) is 24.6 Å². The Morgan fingerprint density at radius 1 is 1.36 bits per heavy atom. The first-order valence-electron chi connectivity index (χ1n) is 3.04. The molecule has 0 bridgehead atoms. The molecule has 1 aromatic carbocycles. The highest BCUT2D eigenvalue weighted by Gasteiger charge is 2.07. The molecule has 1 rings (SSSR count). The van der Waals surface area contributed by atoms with Crippen LogP contribution in [0.25, 0.3) is 0 Å². The average Bonchev–Trinajstić information content (AvgIpc) is 1.86. The average molecular weight is 172 g/mol. The predicted octanol–water partition coefficient (Wildman–Crippen LogP) is 1.24. The SMILES string of the molecule is Cc1cccc(S(=O)(=O)O)c1. The topological polar surface area (TPSA) is 54.4 Å². The van der Waals surface area contributed by atoms with Gasteiger partial charge in [-0.15, -0.1) is 0 Å². The van der Waals surface area contributed by atoms with Gasteiger partial charge in [0.05, 0.1) is 4.90 Å². The van der Waals surface area contributed by atoms with Crippen LogP contribution in [-0.2, 0) is 10.1 Å². The van der Waals surface area contributed by atoms with Crippen LogP contribution in [0.15, 0.2) is 29.2 Å². The minimum Gasteiger partial charge on any atom is -0.282 e. The summed E-state index contributed by atoms with van der Waals surface area (Å²) in [6.45, 7) is 1.76. The normalized spacial score (nSPS) is 11.5. The van der Waals surface area contributed by atoms with Crippen molar-refractivity contribution in [2.45, 2.75) is 11.8 Å². The van der Waals surface area contributed by atoms with Crippen molar-refractivity contribution in [1.82, 2.24) is 0 Å². The number of hydrogen-bond acceptors (Lipinski definition) is 2. The van der Waals surface area contributed by atoms with Gasteiger partial charge in [0.2, 0.25) is 0 Å². The lowest BCUT2D eigenvalue weighted by Gasteiger charge is -1.96. The van der Waals surface area contributed by atoms with Gasteiger partial charge >= 0.3 is 0 Å². The van der Waals surface area contributed by atoms with Crippen molar-refractivity contribution < 1.29 is 13.0 Å². The Morgan fingerprint density at radius 3 is 2.36 bits per heavy atom. The fraction of sp³-hybridized carbons (Fsp3) is 0.143. The Hall–Kier alpha value is -0.870. The van der Waals surface area contributed by atoms with Crippen LogP contribution in [0.5, 0.6) is 0 Å². The number of hydrogen-bond donors (Lipinski definition) is 1. The molecule has 0 saturated heterocycles. The lowest BCUT2D eigenvalue weighted by Crippen LogP contribution is -1.97. The molecule has 1 aromatic rings. The largest absolute Gasteiger partial charge is 0.294 e. The van der Waals surface area contributed by atoms with E-state index >= 15 is 0 Å². The van der Waals surface area contributed by atoms with Gasteiger partial charge in [-0.2, -0.15) is 8.42 Å². The zero-order chi connectivity index (χ0) is 8.48. The molecule has 4 heteroatoms. The molecule has 0 aromatic heterocycles. The maximum Gasteiger partial charge on any atom is 0.294 e. The first-order chi connectivity index (χ1) is 5.00. The summed E-state index contributed by atoms with van der Waals surface area (Å²) in [5, 5.41) is 0. The van der Waals surface area contributed by atoms with Gasteiger partial charge in [0.1, 0.15) is 0 Å². The molecule has 0 aliphatic heterocycles. The lowest BCUT2D eigenvalue weighted by molar-refractivity contribution is 0.483. The molecule has 0 aliphatic rings. The van der Waals surface area contributed by atoms with E-state index in [1.807, 2.05) is 0 Å². The smallest absolute Gasteiger partial charge is 0.282 e. The Morgan fingerprint density at radius 2 is 2.00 bits per heavy atom. The van der Waals surface area contributed by atoms with Crippen LogP contribution in [0.4, 0.5) is 0 Å². The molecule has 0 radical (unpaired) electrons. The molecule has 0 saturated carbocycles. The molecule has 0 fully saturated rings. The molecule has 3 nitrogen and oxygen atoms in total. The first kappa shape index (κ1) is 8.23. The second-order valence-electron chi connectivity index (χ2n) is 2.29. The van der Waals surface area contributed by atoms with Crippen molar-refractivity contribution in [3.8, 4) is 0 Å². The quantitative estimate of drug-likeness (QED) is 0.648. The van der Waals surface area contributed by atoms with E-state index in [2.05, 4.69) is 0 Å². The van der Waals surface area contributed by atoms with Crippen LogP contribution >= 0.6 is 0 Å². The highest BCUT2D eigenvalue weighted by Crippen LogP contribution is 2.09. The summed E-state index contributed by atoms with van der Waals surface area (Å²) in [5.41, 5.74) is 0.806. The minimum absolute atomic E-state index is 0.0579. The summed E-state index contributed by atoms with van der Waals surface area (Å²) in [6, 6.07) is 6.10. The van der Waals surface area contributed by atoms with Crippen LogP contribution < -0.4 is 0 Å². The molecule has 0 heterocycles. The predicted molar refractivity (Wildman–Crippen MR) is 41.0 cm³/mol. The summed E-state index contributed by atoms with van der Waals surface area (Å²) in [4.78, 5) is -0.0579. The van der Waals surface area contributed by atoms with Crippen molar-refractivity contribution >= 4 is 10.1 Å². The Kier molecular flexibility index (Phi) is 1.97. The monoisotopic (exact) mass is 172 g/mol. The number of benzene rings is 1. The van der Waals surface area contributed by atoms with E-state index in [0.29, 0.717) is 0 Å². The van der Waals surface area contributed by atoms with E-state index in [-0.39, 0.29) is 4.90 Å². The van der Waals surface area contributed by atoms with E-state index in [4.69, 9.17) is 4.55 Å². The highest BCUT2D eigenvalue weighted by atomic mass is 32.2. The van der Waals surface area contributed by atoms with E-state index < -0.39 is 10.1 Å².